The summed E-state index contributed by atoms with van der Waals surface area (Å²) in [7, 11) is 0. The van der Waals surface area contributed by atoms with E-state index in [0.717, 1.165) is 0 Å². The number of nitrogens with one attached hydrogen (secondary N) is 3. The Balaban J connectivity index is 5.32. The Morgan fingerprint density at radius 1 is 0.897 bits per heavy atom. The number of rotatable bonds is 14. The third-order valence-electron chi connectivity index (χ3n) is 3.83. The second-order valence-electron chi connectivity index (χ2n) is 6.45. The van der Waals surface area contributed by atoms with Crippen molar-refractivity contribution in [3.8, 4) is 0 Å². The predicted octanol–water partition coefficient (Wildman–Crippen LogP) is -4.13. The van der Waals surface area contributed by atoms with Crippen molar-refractivity contribution in [1.82, 2.24) is 16.0 Å². The number of unbranched alkanes of at least 4 members (excludes halogenated alkanes) is 1. The first-order chi connectivity index (χ1) is 13.5. The summed E-state index contributed by atoms with van der Waals surface area (Å²) in [5.74, 6) is -4.85. The Morgan fingerprint density at radius 3 is 1.86 bits per heavy atom. The van der Waals surface area contributed by atoms with Crippen LogP contribution in [0.15, 0.2) is 0 Å². The number of nitrogens with two attached hydrogens (primary N) is 3. The van der Waals surface area contributed by atoms with E-state index in [4.69, 9.17) is 27.4 Å². The predicted molar refractivity (Wildman–Crippen MR) is 101 cm³/mol. The van der Waals surface area contributed by atoms with E-state index in [1.807, 2.05) is 5.32 Å². The highest BCUT2D eigenvalue weighted by molar-refractivity contribution is 5.96. The quantitative estimate of drug-likeness (QED) is 0.128. The third kappa shape index (κ3) is 10.4. The zero-order valence-electron chi connectivity index (χ0n) is 16.2. The SMILES string of the molecule is CC(N)C(=O)NC(CCCCN)C(=O)NC(CC(N)=O)C(=O)NC(CO)C(=O)O. The first-order valence-corrected chi connectivity index (χ1v) is 9.02. The van der Waals surface area contributed by atoms with Crippen LogP contribution in [0.25, 0.3) is 0 Å². The molecule has 0 saturated carbocycles. The van der Waals surface area contributed by atoms with E-state index in [0.29, 0.717) is 19.4 Å². The molecule has 166 valence electrons. The van der Waals surface area contributed by atoms with Crippen molar-refractivity contribution in [3.63, 3.8) is 0 Å². The van der Waals surface area contributed by atoms with Gasteiger partial charge in [0.25, 0.3) is 0 Å². The summed E-state index contributed by atoms with van der Waals surface area (Å²) in [6.45, 7) is 0.902. The highest BCUT2D eigenvalue weighted by Gasteiger charge is 2.30. The van der Waals surface area contributed by atoms with Crippen LogP contribution in [0.4, 0.5) is 0 Å². The Bertz CT molecular complexity index is 598. The second kappa shape index (κ2) is 13.4. The Kier molecular flexibility index (Phi) is 12.1. The zero-order valence-corrected chi connectivity index (χ0v) is 16.2. The largest absolute Gasteiger partial charge is 0.480 e. The summed E-state index contributed by atoms with van der Waals surface area (Å²) in [5.41, 5.74) is 16.0. The van der Waals surface area contributed by atoms with Crippen molar-refractivity contribution in [2.24, 2.45) is 17.2 Å². The molecule has 13 heteroatoms. The lowest BCUT2D eigenvalue weighted by molar-refractivity contribution is -0.143. The van der Waals surface area contributed by atoms with E-state index >= 15 is 0 Å². The van der Waals surface area contributed by atoms with E-state index < -0.39 is 66.8 Å². The Hall–Kier alpha value is -2.77. The van der Waals surface area contributed by atoms with Crippen LogP contribution >= 0.6 is 0 Å². The van der Waals surface area contributed by atoms with Crippen molar-refractivity contribution in [2.45, 2.75) is 56.8 Å². The van der Waals surface area contributed by atoms with Gasteiger partial charge in [0, 0.05) is 0 Å². The van der Waals surface area contributed by atoms with Crippen molar-refractivity contribution in [1.29, 1.82) is 0 Å². The van der Waals surface area contributed by atoms with Gasteiger partial charge in [-0.15, -0.1) is 0 Å². The van der Waals surface area contributed by atoms with E-state index in [1.54, 1.807) is 0 Å². The topological polar surface area (TPSA) is 240 Å². The van der Waals surface area contributed by atoms with Crippen LogP contribution in [0.1, 0.15) is 32.6 Å². The van der Waals surface area contributed by atoms with Crippen molar-refractivity contribution >= 4 is 29.6 Å². The number of primary amides is 1. The lowest BCUT2D eigenvalue weighted by Crippen LogP contribution is -2.58. The molecular weight excluding hydrogens is 388 g/mol. The summed E-state index contributed by atoms with van der Waals surface area (Å²) in [6, 6.07) is -5.08. The number of aliphatic hydroxyl groups excluding tert-OH is 1. The number of aliphatic carboxylic acids is 1. The van der Waals surface area contributed by atoms with Gasteiger partial charge in [0.1, 0.15) is 18.1 Å². The van der Waals surface area contributed by atoms with Gasteiger partial charge in [-0.1, -0.05) is 0 Å². The van der Waals surface area contributed by atoms with Crippen LogP contribution in [0.3, 0.4) is 0 Å². The number of hydrogen-bond acceptors (Lipinski definition) is 8. The normalized spacial score (nSPS) is 14.8. The number of carbonyl (C=O) groups is 5. The smallest absolute Gasteiger partial charge is 0.328 e. The molecular formula is C16H30N6O7. The maximum absolute atomic E-state index is 12.6. The molecule has 0 aliphatic carbocycles. The van der Waals surface area contributed by atoms with Crippen LogP contribution in [0, 0.1) is 0 Å². The van der Waals surface area contributed by atoms with Gasteiger partial charge < -0.3 is 43.4 Å². The third-order valence-corrected chi connectivity index (χ3v) is 3.83. The van der Waals surface area contributed by atoms with Crippen LogP contribution in [-0.4, -0.2) is 77.1 Å². The number of aliphatic hydroxyl groups is 1. The highest BCUT2D eigenvalue weighted by atomic mass is 16.4. The lowest BCUT2D eigenvalue weighted by Gasteiger charge is -2.24. The Morgan fingerprint density at radius 2 is 1.41 bits per heavy atom. The van der Waals surface area contributed by atoms with Gasteiger partial charge in [-0.2, -0.15) is 0 Å². The zero-order chi connectivity index (χ0) is 22.6. The first kappa shape index (κ1) is 26.2. The molecule has 0 bridgehead atoms. The number of hydrogen-bond donors (Lipinski definition) is 8. The number of carboxylic acids is 1. The fraction of sp³-hybridized carbons (Fsp3) is 0.688. The number of amides is 4. The molecule has 11 N–H and O–H groups in total. The molecule has 0 aliphatic rings. The summed E-state index contributed by atoms with van der Waals surface area (Å²) in [5, 5.41) is 24.6. The molecule has 0 radical (unpaired) electrons. The van der Waals surface area contributed by atoms with Crippen molar-refractivity contribution < 1.29 is 34.2 Å². The highest BCUT2D eigenvalue weighted by Crippen LogP contribution is 2.04. The minimum Gasteiger partial charge on any atom is -0.480 e. The van der Waals surface area contributed by atoms with E-state index in [-0.39, 0.29) is 6.42 Å². The molecule has 0 saturated heterocycles. The molecule has 13 nitrogen and oxygen atoms in total. The minimum absolute atomic E-state index is 0.195. The molecule has 4 unspecified atom stereocenters. The summed E-state index contributed by atoms with van der Waals surface area (Å²) in [4.78, 5) is 58.9. The Labute approximate surface area is 167 Å². The second-order valence-corrected chi connectivity index (χ2v) is 6.45. The lowest BCUT2D eigenvalue weighted by atomic mass is 10.1. The monoisotopic (exact) mass is 418 g/mol. The number of carbonyl (C=O) groups excluding carboxylic acids is 4. The molecule has 0 heterocycles. The van der Waals surface area contributed by atoms with Gasteiger partial charge in [0.2, 0.25) is 23.6 Å². The van der Waals surface area contributed by atoms with Gasteiger partial charge in [0.05, 0.1) is 19.1 Å². The number of carboxylic acid groups (broad SMARTS) is 1. The van der Waals surface area contributed by atoms with Gasteiger partial charge in [-0.25, -0.2) is 4.79 Å². The molecule has 0 spiro atoms. The average Bonchev–Trinajstić information content (AvgIpc) is 2.63. The van der Waals surface area contributed by atoms with Crippen LogP contribution in [-0.2, 0) is 24.0 Å². The molecule has 0 aromatic rings. The molecule has 0 fully saturated rings. The molecule has 4 amide bonds. The molecule has 4 atom stereocenters. The fourth-order valence-electron chi connectivity index (χ4n) is 2.21. The molecule has 0 aromatic carbocycles. The van der Waals surface area contributed by atoms with Crippen LogP contribution in [0.2, 0.25) is 0 Å². The summed E-state index contributed by atoms with van der Waals surface area (Å²) >= 11 is 0. The molecule has 29 heavy (non-hydrogen) atoms. The van der Waals surface area contributed by atoms with Gasteiger partial charge >= 0.3 is 5.97 Å². The van der Waals surface area contributed by atoms with E-state index in [9.17, 15) is 24.0 Å². The minimum atomic E-state index is -1.63. The maximum atomic E-state index is 12.6. The van der Waals surface area contributed by atoms with Gasteiger partial charge in [-0.3, -0.25) is 19.2 Å². The average molecular weight is 418 g/mol. The van der Waals surface area contributed by atoms with E-state index in [1.165, 1.54) is 6.92 Å². The first-order valence-electron chi connectivity index (χ1n) is 9.02. The van der Waals surface area contributed by atoms with Gasteiger partial charge in [-0.05, 0) is 32.7 Å². The van der Waals surface area contributed by atoms with Gasteiger partial charge in [0.15, 0.2) is 0 Å². The molecule has 0 rings (SSSR count). The van der Waals surface area contributed by atoms with Crippen molar-refractivity contribution in [2.75, 3.05) is 13.2 Å². The standard InChI is InChI=1S/C16H30N6O7/c1-8(18)13(25)20-9(4-2-3-5-17)14(26)21-10(6-12(19)24)15(27)22-11(7-23)16(28)29/h8-11,23H,2-7,17-18H2,1H3,(H2,19,24)(H,20,25)(H,21,26)(H,22,27)(H,28,29). The van der Waals surface area contributed by atoms with Crippen LogP contribution in [0.5, 0.6) is 0 Å². The molecule has 0 aromatic heterocycles. The van der Waals surface area contributed by atoms with E-state index in [2.05, 4.69) is 10.6 Å². The van der Waals surface area contributed by atoms with Crippen molar-refractivity contribution in [3.05, 3.63) is 0 Å². The maximum Gasteiger partial charge on any atom is 0.328 e. The summed E-state index contributed by atoms with van der Waals surface area (Å²) < 4.78 is 0. The summed E-state index contributed by atoms with van der Waals surface area (Å²) in [6.07, 6.45) is 0.652. The fourth-order valence-corrected chi connectivity index (χ4v) is 2.21. The molecule has 0 aliphatic heterocycles. The van der Waals surface area contributed by atoms with Crippen LogP contribution < -0.4 is 33.2 Å².